The standard InChI is InChI=1S/C55H56N4O2/c1-4-9-38-10-5-11-39(32-38)18-17-37(2)44-13-7-14-47(34-44)49-28-26-43-24-25-45(35-51(43)56-49)41-20-22-42(23-21-41)46-27-29-50-52(36-46)58-55(57-50)53-16-8-31-59(53)54(60)30-19-40-12-6-15-48(33-40)61-3/h5-6,10-12,15,20-29,32-36,47,53H,2,4,7-9,13-14,16-19,30-31H2,1,3H3,(H,57,58). The van der Waals surface area contributed by atoms with E-state index in [1.807, 2.05) is 23.1 Å². The summed E-state index contributed by atoms with van der Waals surface area (Å²) in [6.45, 7) is 7.55. The van der Waals surface area contributed by atoms with Gasteiger partial charge >= 0.3 is 0 Å². The number of carbonyl (C=O) groups excluding carboxylic acids is 1. The number of nitrogens with zero attached hydrogens (tertiary/aromatic N) is 3. The number of imidazole rings is 1. The van der Waals surface area contributed by atoms with Crippen LogP contribution in [0, 0.1) is 0 Å². The number of aryl methyl sites for hydroxylation is 3. The van der Waals surface area contributed by atoms with Gasteiger partial charge in [0.1, 0.15) is 11.6 Å². The van der Waals surface area contributed by atoms with Crippen molar-refractivity contribution in [3.05, 3.63) is 173 Å². The number of allylic oxidation sites excluding steroid dienone is 3. The normalized spacial score (nSPS) is 16.6. The van der Waals surface area contributed by atoms with Crippen LogP contribution < -0.4 is 4.74 Å². The third-order valence-corrected chi connectivity index (χ3v) is 12.9. The molecule has 308 valence electrons. The van der Waals surface area contributed by atoms with Crippen LogP contribution in [0.25, 0.3) is 44.2 Å². The van der Waals surface area contributed by atoms with Gasteiger partial charge in [-0.1, -0.05) is 117 Å². The van der Waals surface area contributed by atoms with Crippen molar-refractivity contribution in [3.63, 3.8) is 0 Å². The van der Waals surface area contributed by atoms with E-state index in [0.717, 1.165) is 125 Å². The number of hydrogen-bond acceptors (Lipinski definition) is 4. The summed E-state index contributed by atoms with van der Waals surface area (Å²) in [4.78, 5) is 29.3. The number of benzene rings is 5. The monoisotopic (exact) mass is 804 g/mol. The third kappa shape index (κ3) is 9.10. The number of methoxy groups -OCH3 is 1. The lowest BCUT2D eigenvalue weighted by Gasteiger charge is -2.23. The number of H-pyrrole nitrogens is 1. The Kier molecular flexibility index (Phi) is 11.9. The second-order valence-electron chi connectivity index (χ2n) is 17.0. The maximum atomic E-state index is 13.4. The number of fused-ring (bicyclic) bond motifs is 2. The number of nitrogens with one attached hydrogen (secondary N) is 1. The molecular formula is C55H56N4O2. The van der Waals surface area contributed by atoms with Crippen LogP contribution in [0.5, 0.6) is 5.75 Å². The molecule has 1 aliphatic heterocycles. The maximum absolute atomic E-state index is 13.4. The average molecular weight is 805 g/mol. The summed E-state index contributed by atoms with van der Waals surface area (Å²) >= 11 is 0. The molecule has 1 saturated heterocycles. The molecule has 7 aromatic rings. The Morgan fingerprint density at radius 1 is 0.738 bits per heavy atom. The summed E-state index contributed by atoms with van der Waals surface area (Å²) in [5, 5.41) is 1.16. The second kappa shape index (κ2) is 18.1. The minimum atomic E-state index is -0.0358. The molecule has 6 nitrogen and oxygen atoms in total. The van der Waals surface area contributed by atoms with Crippen LogP contribution in [0.15, 0.2) is 145 Å². The molecule has 2 aromatic heterocycles. The van der Waals surface area contributed by atoms with Crippen LogP contribution in [0.1, 0.15) is 98.5 Å². The molecule has 1 aliphatic carbocycles. The lowest BCUT2D eigenvalue weighted by atomic mass is 9.84. The highest BCUT2D eigenvalue weighted by atomic mass is 16.5. The Morgan fingerprint density at radius 2 is 1.44 bits per heavy atom. The van der Waals surface area contributed by atoms with Crippen molar-refractivity contribution in [3.8, 4) is 28.0 Å². The van der Waals surface area contributed by atoms with Gasteiger partial charge in [-0.15, -0.1) is 0 Å². The number of rotatable bonds is 14. The summed E-state index contributed by atoms with van der Waals surface area (Å²) in [5.74, 6) is 2.16. The van der Waals surface area contributed by atoms with Crippen molar-refractivity contribution in [2.75, 3.05) is 13.7 Å². The topological polar surface area (TPSA) is 71.1 Å². The van der Waals surface area contributed by atoms with Crippen LogP contribution >= 0.6 is 0 Å². The van der Waals surface area contributed by atoms with E-state index in [-0.39, 0.29) is 11.9 Å². The van der Waals surface area contributed by atoms with Crippen LogP contribution in [0.2, 0.25) is 0 Å². The minimum absolute atomic E-state index is 0.0358. The lowest BCUT2D eigenvalue weighted by molar-refractivity contribution is -0.132. The zero-order chi connectivity index (χ0) is 41.7. The van der Waals surface area contributed by atoms with Crippen molar-refractivity contribution in [2.24, 2.45) is 0 Å². The van der Waals surface area contributed by atoms with E-state index < -0.39 is 0 Å². The van der Waals surface area contributed by atoms with Gasteiger partial charge in [0.15, 0.2) is 0 Å². The molecule has 5 aromatic carbocycles. The number of hydrogen-bond donors (Lipinski definition) is 1. The predicted molar refractivity (Wildman–Crippen MR) is 250 cm³/mol. The maximum Gasteiger partial charge on any atom is 0.223 e. The largest absolute Gasteiger partial charge is 0.497 e. The van der Waals surface area contributed by atoms with Gasteiger partial charge in [0.25, 0.3) is 0 Å². The zero-order valence-corrected chi connectivity index (χ0v) is 35.6. The Morgan fingerprint density at radius 3 is 2.25 bits per heavy atom. The summed E-state index contributed by atoms with van der Waals surface area (Å²) < 4.78 is 5.37. The highest BCUT2D eigenvalue weighted by molar-refractivity contribution is 5.86. The fourth-order valence-corrected chi connectivity index (χ4v) is 9.45. The summed E-state index contributed by atoms with van der Waals surface area (Å²) in [6, 6.07) is 43.3. The Labute approximate surface area is 360 Å². The molecule has 61 heavy (non-hydrogen) atoms. The molecule has 2 aliphatic rings. The first-order chi connectivity index (χ1) is 29.9. The van der Waals surface area contributed by atoms with Gasteiger partial charge in [-0.25, -0.2) is 4.98 Å². The highest BCUT2D eigenvalue weighted by Gasteiger charge is 2.32. The number of aromatic nitrogens is 3. The summed E-state index contributed by atoms with van der Waals surface area (Å²) in [5.41, 5.74) is 15.3. The number of pyridine rings is 1. The molecule has 1 N–H and O–H groups in total. The first-order valence-electron chi connectivity index (χ1n) is 22.3. The Bertz CT molecular complexity index is 2730. The van der Waals surface area contributed by atoms with E-state index in [1.165, 1.54) is 28.7 Å². The van der Waals surface area contributed by atoms with Crippen molar-refractivity contribution < 1.29 is 9.53 Å². The predicted octanol–water partition coefficient (Wildman–Crippen LogP) is 13.1. The molecule has 3 heterocycles. The fraction of sp³-hybridized carbons (Fsp3) is 0.291. The van der Waals surface area contributed by atoms with E-state index in [4.69, 9.17) is 14.7 Å². The van der Waals surface area contributed by atoms with E-state index in [9.17, 15) is 4.79 Å². The first kappa shape index (κ1) is 40.2. The number of ether oxygens (including phenoxy) is 1. The zero-order valence-electron chi connectivity index (χ0n) is 35.6. The molecule has 6 heteroatoms. The number of likely N-dealkylation sites (tertiary alicyclic amines) is 1. The van der Waals surface area contributed by atoms with E-state index in [0.29, 0.717) is 18.8 Å². The molecule has 0 spiro atoms. The van der Waals surface area contributed by atoms with Gasteiger partial charge in [0.05, 0.1) is 29.7 Å². The minimum Gasteiger partial charge on any atom is -0.497 e. The average Bonchev–Trinajstić information content (AvgIpc) is 3.98. The molecular weight excluding hydrogens is 749 g/mol. The van der Waals surface area contributed by atoms with Gasteiger partial charge in [0, 0.05) is 30.0 Å². The third-order valence-electron chi connectivity index (χ3n) is 12.9. The van der Waals surface area contributed by atoms with Gasteiger partial charge in [-0.05, 0) is 139 Å². The van der Waals surface area contributed by atoms with Crippen molar-refractivity contribution in [2.45, 2.75) is 89.5 Å². The molecule has 0 saturated carbocycles. The smallest absolute Gasteiger partial charge is 0.223 e. The first-order valence-corrected chi connectivity index (χ1v) is 22.3. The van der Waals surface area contributed by atoms with Crippen LogP contribution in [-0.4, -0.2) is 39.4 Å². The summed E-state index contributed by atoms with van der Waals surface area (Å²) in [7, 11) is 1.67. The molecule has 0 bridgehead atoms. The highest BCUT2D eigenvalue weighted by Crippen LogP contribution is 2.37. The quantitative estimate of drug-likeness (QED) is 0.119. The van der Waals surface area contributed by atoms with Crippen LogP contribution in [0.4, 0.5) is 0 Å². The lowest BCUT2D eigenvalue weighted by Crippen LogP contribution is -2.31. The Hall–Kier alpha value is -6.27. The van der Waals surface area contributed by atoms with Gasteiger partial charge < -0.3 is 14.6 Å². The molecule has 1 fully saturated rings. The number of aromatic amines is 1. The fourth-order valence-electron chi connectivity index (χ4n) is 9.45. The molecule has 9 rings (SSSR count). The van der Waals surface area contributed by atoms with Crippen molar-refractivity contribution in [1.29, 1.82) is 0 Å². The van der Waals surface area contributed by atoms with Gasteiger partial charge in [-0.2, -0.15) is 0 Å². The van der Waals surface area contributed by atoms with Gasteiger partial charge in [0.2, 0.25) is 5.91 Å². The summed E-state index contributed by atoms with van der Waals surface area (Å²) in [6.07, 6.45) is 13.2. The van der Waals surface area contributed by atoms with Gasteiger partial charge in [-0.3, -0.25) is 9.78 Å². The van der Waals surface area contributed by atoms with E-state index in [2.05, 4.69) is 128 Å². The van der Waals surface area contributed by atoms with Crippen LogP contribution in [0.3, 0.4) is 0 Å². The van der Waals surface area contributed by atoms with Crippen molar-refractivity contribution in [1.82, 2.24) is 19.9 Å². The molecule has 1 amide bonds. The second-order valence-corrected chi connectivity index (χ2v) is 17.0. The van der Waals surface area contributed by atoms with E-state index in [1.54, 1.807) is 7.11 Å². The van der Waals surface area contributed by atoms with Crippen LogP contribution in [-0.2, 0) is 24.1 Å². The SMILES string of the molecule is C=C(CCc1cccc(CCC)c1)C1=CC(c2ccc3ccc(-c4ccc(-c5ccc6nc(C7CCCN7C(=O)CCc7cccc(OC)c7)[nH]c6c5)cc4)cc3n2)CCC1. The molecule has 0 radical (unpaired) electrons. The number of carbonyl (C=O) groups is 1. The number of amides is 1. The van der Waals surface area contributed by atoms with E-state index >= 15 is 0 Å². The molecule has 2 unspecified atom stereocenters. The van der Waals surface area contributed by atoms with Crippen molar-refractivity contribution >= 4 is 27.8 Å². The Balaban J connectivity index is 0.862. The molecule has 2 atom stereocenters.